The van der Waals surface area contributed by atoms with Crippen molar-refractivity contribution in [3.8, 4) is 0 Å². The van der Waals surface area contributed by atoms with E-state index in [2.05, 4.69) is 0 Å². The summed E-state index contributed by atoms with van der Waals surface area (Å²) in [5.74, 6) is -0.111. The zero-order valence-corrected chi connectivity index (χ0v) is 11.3. The van der Waals surface area contributed by atoms with Crippen molar-refractivity contribution in [2.24, 2.45) is 11.3 Å². The lowest BCUT2D eigenvalue weighted by Crippen LogP contribution is -2.42. The van der Waals surface area contributed by atoms with Crippen LogP contribution in [0.4, 0.5) is 0 Å². The lowest BCUT2D eigenvalue weighted by atomic mass is 9.79. The van der Waals surface area contributed by atoms with E-state index in [0.29, 0.717) is 24.8 Å². The number of fused-ring (bicyclic) bond motifs is 2. The number of amides is 1. The summed E-state index contributed by atoms with van der Waals surface area (Å²) in [6.07, 6.45) is 4.68. The van der Waals surface area contributed by atoms with Gasteiger partial charge in [0.15, 0.2) is 0 Å². The molecule has 0 radical (unpaired) electrons. The monoisotopic (exact) mass is 253 g/mol. The first kappa shape index (κ1) is 13.4. The minimum Gasteiger partial charge on any atom is -0.481 e. The molecule has 0 aromatic carbocycles. The number of hydrogen-bond acceptors (Lipinski definition) is 2. The van der Waals surface area contributed by atoms with Gasteiger partial charge < -0.3 is 10.0 Å². The Morgan fingerprint density at radius 1 is 1.28 bits per heavy atom. The zero-order chi connectivity index (χ0) is 13.3. The highest BCUT2D eigenvalue weighted by atomic mass is 16.4. The first-order chi connectivity index (χ1) is 8.52. The van der Waals surface area contributed by atoms with Crippen molar-refractivity contribution >= 4 is 11.9 Å². The summed E-state index contributed by atoms with van der Waals surface area (Å²) in [5.41, 5.74) is -0.862. The average Bonchev–Trinajstić information content (AvgIpc) is 2.97. The molecule has 2 fully saturated rings. The molecule has 0 aromatic heterocycles. The third-order valence-corrected chi connectivity index (χ3v) is 5.03. The number of nitrogens with zero attached hydrogens (tertiary/aromatic N) is 1. The molecule has 1 saturated carbocycles. The van der Waals surface area contributed by atoms with Crippen LogP contribution in [0.3, 0.4) is 0 Å². The van der Waals surface area contributed by atoms with Gasteiger partial charge in [-0.25, -0.2) is 0 Å². The molecule has 2 atom stereocenters. The maximum atomic E-state index is 12.3. The molecule has 1 heterocycles. The van der Waals surface area contributed by atoms with E-state index in [1.54, 1.807) is 0 Å². The Labute approximate surface area is 108 Å². The molecule has 2 bridgehead atoms. The number of carboxylic acid groups (broad SMARTS) is 1. The van der Waals surface area contributed by atoms with Crippen LogP contribution in [0.5, 0.6) is 0 Å². The van der Waals surface area contributed by atoms with E-state index in [9.17, 15) is 14.7 Å². The molecular formula is C14H23NO3. The highest BCUT2D eigenvalue weighted by Crippen LogP contribution is 2.39. The quantitative estimate of drug-likeness (QED) is 0.817. The van der Waals surface area contributed by atoms with E-state index < -0.39 is 11.4 Å². The molecule has 1 aliphatic carbocycles. The number of carboxylic acids is 1. The minimum atomic E-state index is -0.862. The Morgan fingerprint density at radius 2 is 1.94 bits per heavy atom. The number of hydrogen-bond donors (Lipinski definition) is 1. The Balaban J connectivity index is 2.03. The summed E-state index contributed by atoms with van der Waals surface area (Å²) < 4.78 is 0. The first-order valence-electron chi connectivity index (χ1n) is 7.05. The van der Waals surface area contributed by atoms with Crippen LogP contribution in [0.1, 0.15) is 52.4 Å². The van der Waals surface area contributed by atoms with Crippen LogP contribution in [0, 0.1) is 11.3 Å². The van der Waals surface area contributed by atoms with Gasteiger partial charge in [-0.1, -0.05) is 13.8 Å². The molecule has 2 unspecified atom stereocenters. The van der Waals surface area contributed by atoms with Crippen molar-refractivity contribution in [2.45, 2.75) is 58.4 Å². The molecule has 4 nitrogen and oxygen atoms in total. The molecular weight excluding hydrogens is 230 g/mol. The van der Waals surface area contributed by atoms with Crippen LogP contribution in [-0.4, -0.2) is 34.5 Å². The van der Waals surface area contributed by atoms with Gasteiger partial charge in [-0.2, -0.15) is 0 Å². The van der Waals surface area contributed by atoms with Gasteiger partial charge >= 0.3 is 5.97 Å². The van der Waals surface area contributed by atoms with Gasteiger partial charge in [-0.3, -0.25) is 9.59 Å². The minimum absolute atomic E-state index is 0.0494. The smallest absolute Gasteiger partial charge is 0.310 e. The van der Waals surface area contributed by atoms with Gasteiger partial charge in [-0.15, -0.1) is 0 Å². The summed E-state index contributed by atoms with van der Waals surface area (Å²) in [4.78, 5) is 25.7. The Morgan fingerprint density at radius 3 is 2.33 bits per heavy atom. The fourth-order valence-electron chi connectivity index (χ4n) is 3.50. The summed E-state index contributed by atoms with van der Waals surface area (Å²) in [6, 6.07) is 0.391. The Hall–Kier alpha value is -1.06. The van der Waals surface area contributed by atoms with E-state index in [4.69, 9.17) is 0 Å². The Kier molecular flexibility index (Phi) is 3.64. The van der Waals surface area contributed by atoms with Crippen LogP contribution in [0.25, 0.3) is 0 Å². The molecule has 1 N–H and O–H groups in total. The summed E-state index contributed by atoms with van der Waals surface area (Å²) in [5, 5.41) is 9.38. The standard InChI is InChI=1S/C14H23NO3/c1-3-14(4-2,13(17)18)8-12(16)15-9-10-5-6-11(15)7-10/h10-11H,3-9H2,1-2H3,(H,17,18). The lowest BCUT2D eigenvalue weighted by molar-refractivity contribution is -0.154. The van der Waals surface area contributed by atoms with E-state index in [0.717, 1.165) is 19.4 Å². The van der Waals surface area contributed by atoms with Crippen molar-refractivity contribution in [1.29, 1.82) is 0 Å². The molecule has 2 rings (SSSR count). The first-order valence-corrected chi connectivity index (χ1v) is 7.05. The third kappa shape index (κ3) is 2.13. The molecule has 102 valence electrons. The maximum absolute atomic E-state index is 12.3. The van der Waals surface area contributed by atoms with Crippen LogP contribution in [0.15, 0.2) is 0 Å². The van der Waals surface area contributed by atoms with E-state index in [-0.39, 0.29) is 12.3 Å². The van der Waals surface area contributed by atoms with Gasteiger partial charge in [0.1, 0.15) is 0 Å². The van der Waals surface area contributed by atoms with Crippen molar-refractivity contribution in [3.05, 3.63) is 0 Å². The summed E-state index contributed by atoms with van der Waals surface area (Å²) in [7, 11) is 0. The van der Waals surface area contributed by atoms with E-state index in [1.165, 1.54) is 6.42 Å². The lowest BCUT2D eigenvalue weighted by Gasteiger charge is -2.32. The number of carbonyl (C=O) groups excluding carboxylic acids is 1. The number of likely N-dealkylation sites (tertiary alicyclic amines) is 1. The second kappa shape index (κ2) is 4.90. The van der Waals surface area contributed by atoms with Crippen molar-refractivity contribution in [3.63, 3.8) is 0 Å². The van der Waals surface area contributed by atoms with Crippen LogP contribution >= 0.6 is 0 Å². The van der Waals surface area contributed by atoms with Gasteiger partial charge in [0.2, 0.25) is 5.91 Å². The van der Waals surface area contributed by atoms with E-state index >= 15 is 0 Å². The fraction of sp³-hybridized carbons (Fsp3) is 0.857. The molecule has 1 amide bonds. The Bertz CT molecular complexity index is 349. The number of aliphatic carboxylic acids is 1. The maximum Gasteiger partial charge on any atom is 0.310 e. The normalized spacial score (nSPS) is 26.7. The highest BCUT2D eigenvalue weighted by molar-refractivity contribution is 5.85. The predicted octanol–water partition coefficient (Wildman–Crippen LogP) is 2.28. The van der Waals surface area contributed by atoms with Gasteiger partial charge in [0.05, 0.1) is 5.41 Å². The van der Waals surface area contributed by atoms with Gasteiger partial charge in [0.25, 0.3) is 0 Å². The summed E-state index contributed by atoms with van der Waals surface area (Å²) >= 11 is 0. The molecule has 4 heteroatoms. The summed E-state index contributed by atoms with van der Waals surface area (Å²) in [6.45, 7) is 4.58. The fourth-order valence-corrected chi connectivity index (χ4v) is 3.50. The second-order valence-corrected chi connectivity index (χ2v) is 5.85. The average molecular weight is 253 g/mol. The molecule has 0 aromatic rings. The van der Waals surface area contributed by atoms with Crippen molar-refractivity contribution in [1.82, 2.24) is 4.90 Å². The highest BCUT2D eigenvalue weighted by Gasteiger charge is 2.44. The van der Waals surface area contributed by atoms with Crippen LogP contribution in [-0.2, 0) is 9.59 Å². The SMILES string of the molecule is CCC(CC)(CC(=O)N1CC2CCC1C2)C(=O)O. The topological polar surface area (TPSA) is 57.6 Å². The van der Waals surface area contributed by atoms with E-state index in [1.807, 2.05) is 18.7 Å². The second-order valence-electron chi connectivity index (χ2n) is 5.85. The molecule has 1 saturated heterocycles. The van der Waals surface area contributed by atoms with Crippen LogP contribution < -0.4 is 0 Å². The van der Waals surface area contributed by atoms with Gasteiger partial charge in [-0.05, 0) is 38.0 Å². The molecule has 18 heavy (non-hydrogen) atoms. The van der Waals surface area contributed by atoms with Crippen molar-refractivity contribution < 1.29 is 14.7 Å². The largest absolute Gasteiger partial charge is 0.481 e. The van der Waals surface area contributed by atoms with Gasteiger partial charge in [0, 0.05) is 19.0 Å². The third-order valence-electron chi connectivity index (χ3n) is 5.03. The molecule has 1 aliphatic heterocycles. The number of piperidine rings is 1. The number of rotatable bonds is 5. The predicted molar refractivity (Wildman–Crippen MR) is 68.1 cm³/mol. The molecule has 0 spiro atoms. The number of carbonyl (C=O) groups is 2. The van der Waals surface area contributed by atoms with Crippen LogP contribution in [0.2, 0.25) is 0 Å². The van der Waals surface area contributed by atoms with Crippen molar-refractivity contribution in [2.75, 3.05) is 6.54 Å². The zero-order valence-electron chi connectivity index (χ0n) is 11.3. The molecule has 2 aliphatic rings.